The van der Waals surface area contributed by atoms with Gasteiger partial charge in [-0.1, -0.05) is 42.0 Å². The van der Waals surface area contributed by atoms with Gasteiger partial charge >= 0.3 is 0 Å². The number of sulfonamides is 1. The first-order valence-corrected chi connectivity index (χ1v) is 10.0. The maximum atomic E-state index is 13.4. The smallest absolute Gasteiger partial charge is 0.245 e. The average molecular weight is 370 g/mol. The highest BCUT2D eigenvalue weighted by molar-refractivity contribution is 7.89. The molecule has 0 aromatic heterocycles. The van der Waals surface area contributed by atoms with Gasteiger partial charge in [0.2, 0.25) is 15.9 Å². The van der Waals surface area contributed by atoms with Crippen LogP contribution < -0.4 is 0 Å². The summed E-state index contributed by atoms with van der Waals surface area (Å²) < 4.78 is 33.8. The van der Waals surface area contributed by atoms with Gasteiger partial charge < -0.3 is 4.74 Å². The minimum absolute atomic E-state index is 0.152. The summed E-state index contributed by atoms with van der Waals surface area (Å²) >= 11 is 0. The van der Waals surface area contributed by atoms with Crippen molar-refractivity contribution in [3.8, 4) is 0 Å². The molecule has 0 radical (unpaired) electrons. The molecule has 134 valence electrons. The molecule has 3 heterocycles. The van der Waals surface area contributed by atoms with Crippen molar-refractivity contribution in [1.82, 2.24) is 9.21 Å². The zero-order valence-electron chi connectivity index (χ0n) is 14.4. The molecular formula is C19H18N2O4S. The van der Waals surface area contributed by atoms with E-state index in [2.05, 4.69) is 0 Å². The third-order valence-electron chi connectivity index (χ3n) is 5.42. The molecule has 0 unspecified atom stereocenters. The Morgan fingerprint density at radius 1 is 1.00 bits per heavy atom. The third kappa shape index (κ3) is 1.99. The summed E-state index contributed by atoms with van der Waals surface area (Å²) in [5.74, 6) is -0.215. The SMILES string of the molecule is Cc1ccc(S(=O)(=O)N2[C@@H]3c4ccccc4[C@H]4O[C@H]4N3C(=O)[C@@H]2C)cc1. The van der Waals surface area contributed by atoms with Crippen LogP contribution in [-0.4, -0.2) is 35.8 Å². The van der Waals surface area contributed by atoms with Crippen LogP contribution in [-0.2, 0) is 19.6 Å². The fourth-order valence-corrected chi connectivity index (χ4v) is 5.76. The van der Waals surface area contributed by atoms with Crippen molar-refractivity contribution in [3.63, 3.8) is 0 Å². The number of aryl methyl sites for hydroxylation is 1. The first-order chi connectivity index (χ1) is 12.4. The van der Waals surface area contributed by atoms with Crippen LogP contribution in [0.1, 0.15) is 35.9 Å². The van der Waals surface area contributed by atoms with Crippen molar-refractivity contribution in [3.05, 3.63) is 65.2 Å². The lowest BCUT2D eigenvalue weighted by Gasteiger charge is -2.33. The topological polar surface area (TPSA) is 70.2 Å². The van der Waals surface area contributed by atoms with E-state index in [9.17, 15) is 13.2 Å². The fraction of sp³-hybridized carbons (Fsp3) is 0.316. The molecule has 3 aliphatic heterocycles. The van der Waals surface area contributed by atoms with Crippen molar-refractivity contribution >= 4 is 15.9 Å². The fourth-order valence-electron chi connectivity index (χ4n) is 4.05. The van der Waals surface area contributed by atoms with Crippen molar-refractivity contribution in [2.75, 3.05) is 0 Å². The number of hydrogen-bond acceptors (Lipinski definition) is 4. The van der Waals surface area contributed by atoms with Crippen LogP contribution >= 0.6 is 0 Å². The minimum Gasteiger partial charge on any atom is -0.342 e. The normalized spacial score (nSPS) is 29.9. The molecule has 2 aromatic carbocycles. The van der Waals surface area contributed by atoms with E-state index in [4.69, 9.17) is 4.74 Å². The van der Waals surface area contributed by atoms with E-state index in [0.29, 0.717) is 0 Å². The lowest BCUT2D eigenvalue weighted by molar-refractivity contribution is -0.132. The maximum Gasteiger partial charge on any atom is 0.245 e. The van der Waals surface area contributed by atoms with Crippen molar-refractivity contribution in [1.29, 1.82) is 0 Å². The van der Waals surface area contributed by atoms with Gasteiger partial charge in [-0.25, -0.2) is 8.42 Å². The second-order valence-corrected chi connectivity index (χ2v) is 8.86. The number of benzene rings is 2. The van der Waals surface area contributed by atoms with Gasteiger partial charge in [0.05, 0.1) is 4.90 Å². The van der Waals surface area contributed by atoms with Crippen molar-refractivity contribution in [2.24, 2.45) is 0 Å². The van der Waals surface area contributed by atoms with E-state index >= 15 is 0 Å². The predicted molar refractivity (Wildman–Crippen MR) is 93.3 cm³/mol. The van der Waals surface area contributed by atoms with Gasteiger partial charge in [-0.05, 0) is 37.1 Å². The highest BCUT2D eigenvalue weighted by Crippen LogP contribution is 2.55. The Morgan fingerprint density at radius 2 is 1.65 bits per heavy atom. The van der Waals surface area contributed by atoms with Gasteiger partial charge in [-0.3, -0.25) is 9.69 Å². The number of amides is 1. The number of ether oxygens (including phenoxy) is 1. The van der Waals surface area contributed by atoms with E-state index in [-0.39, 0.29) is 23.1 Å². The zero-order chi connectivity index (χ0) is 18.2. The molecule has 2 fully saturated rings. The molecule has 0 saturated carbocycles. The van der Waals surface area contributed by atoms with Gasteiger partial charge in [0.1, 0.15) is 18.3 Å². The molecule has 0 bridgehead atoms. The maximum absolute atomic E-state index is 13.4. The van der Waals surface area contributed by atoms with Gasteiger partial charge in [-0.2, -0.15) is 4.31 Å². The molecule has 1 amide bonds. The summed E-state index contributed by atoms with van der Waals surface area (Å²) in [7, 11) is -3.84. The largest absolute Gasteiger partial charge is 0.342 e. The molecule has 2 saturated heterocycles. The monoisotopic (exact) mass is 370 g/mol. The molecule has 26 heavy (non-hydrogen) atoms. The standard InChI is InChI=1S/C19H18N2O4S/c1-11-7-9-13(10-8-11)26(23,24)21-12(2)18(22)20-17(21)15-6-4-3-5-14(15)16-19(20)25-16/h3-10,12,16-17,19H,1-2H3/t12-,16+,17+,19+/m0/s1. The molecule has 5 rings (SSSR count). The predicted octanol–water partition coefficient (Wildman–Crippen LogP) is 2.33. The van der Waals surface area contributed by atoms with Crippen LogP contribution in [0.4, 0.5) is 0 Å². The number of epoxide rings is 1. The zero-order valence-corrected chi connectivity index (χ0v) is 15.2. The van der Waals surface area contributed by atoms with E-state index in [0.717, 1.165) is 16.7 Å². The minimum atomic E-state index is -3.84. The summed E-state index contributed by atoms with van der Waals surface area (Å²) in [6.45, 7) is 3.55. The Kier molecular flexibility index (Phi) is 3.17. The molecule has 0 N–H and O–H groups in total. The molecule has 0 spiro atoms. The van der Waals surface area contributed by atoms with Crippen LogP contribution in [0.15, 0.2) is 53.4 Å². The Labute approximate surface area is 152 Å². The molecule has 6 nitrogen and oxygen atoms in total. The number of fused-ring (bicyclic) bond motifs is 6. The van der Waals surface area contributed by atoms with Crippen LogP contribution in [0.5, 0.6) is 0 Å². The molecule has 7 heteroatoms. The lowest BCUT2D eigenvalue weighted by Crippen LogP contribution is -2.40. The van der Waals surface area contributed by atoms with E-state index in [1.807, 2.05) is 31.2 Å². The second kappa shape index (κ2) is 5.16. The number of nitrogens with zero attached hydrogens (tertiary/aromatic N) is 2. The van der Waals surface area contributed by atoms with Crippen molar-refractivity contribution in [2.45, 2.75) is 43.3 Å². The Morgan fingerprint density at radius 3 is 2.35 bits per heavy atom. The van der Waals surface area contributed by atoms with Crippen LogP contribution in [0.25, 0.3) is 0 Å². The first kappa shape index (κ1) is 16.0. The Balaban J connectivity index is 1.68. The van der Waals surface area contributed by atoms with E-state index in [1.54, 1.807) is 36.1 Å². The van der Waals surface area contributed by atoms with Gasteiger partial charge in [0.25, 0.3) is 0 Å². The number of carbonyl (C=O) groups is 1. The van der Waals surface area contributed by atoms with Gasteiger partial charge in [0, 0.05) is 0 Å². The summed E-state index contributed by atoms with van der Waals surface area (Å²) in [5.41, 5.74) is 2.76. The number of carbonyl (C=O) groups excluding carboxylic acids is 1. The molecular weight excluding hydrogens is 352 g/mol. The summed E-state index contributed by atoms with van der Waals surface area (Å²) in [5, 5.41) is 0. The van der Waals surface area contributed by atoms with Crippen molar-refractivity contribution < 1.29 is 17.9 Å². The summed E-state index contributed by atoms with van der Waals surface area (Å²) in [6, 6.07) is 13.5. The van der Waals surface area contributed by atoms with E-state index in [1.165, 1.54) is 4.31 Å². The molecule has 3 aliphatic rings. The molecule has 2 aromatic rings. The Hall–Kier alpha value is -2.22. The number of hydrogen-bond donors (Lipinski definition) is 0. The highest BCUT2D eigenvalue weighted by atomic mass is 32.2. The summed E-state index contributed by atoms with van der Waals surface area (Å²) in [6.07, 6.45) is -1.19. The van der Waals surface area contributed by atoms with Crippen LogP contribution in [0, 0.1) is 6.92 Å². The van der Waals surface area contributed by atoms with Gasteiger partial charge in [-0.15, -0.1) is 0 Å². The highest BCUT2D eigenvalue weighted by Gasteiger charge is 2.63. The van der Waals surface area contributed by atoms with Crippen LogP contribution in [0.2, 0.25) is 0 Å². The number of rotatable bonds is 2. The molecule has 4 atom stereocenters. The van der Waals surface area contributed by atoms with E-state index < -0.39 is 22.2 Å². The lowest BCUT2D eigenvalue weighted by atomic mass is 9.98. The average Bonchev–Trinajstić information content (AvgIpc) is 3.37. The van der Waals surface area contributed by atoms with Gasteiger partial charge in [0.15, 0.2) is 6.23 Å². The third-order valence-corrected chi connectivity index (χ3v) is 7.36. The molecule has 0 aliphatic carbocycles. The quantitative estimate of drug-likeness (QED) is 0.761. The Bertz CT molecular complexity index is 1020. The summed E-state index contributed by atoms with van der Waals surface area (Å²) in [4.78, 5) is 14.7. The second-order valence-electron chi connectivity index (χ2n) is 7.02. The van der Waals surface area contributed by atoms with Crippen LogP contribution in [0.3, 0.4) is 0 Å². The first-order valence-electron chi connectivity index (χ1n) is 8.58.